The highest BCUT2D eigenvalue weighted by molar-refractivity contribution is 5.95. The number of aryl methyl sites for hydroxylation is 1. The van der Waals surface area contributed by atoms with Gasteiger partial charge in [-0.05, 0) is 38.0 Å². The van der Waals surface area contributed by atoms with Crippen molar-refractivity contribution >= 4 is 5.91 Å². The van der Waals surface area contributed by atoms with E-state index in [2.05, 4.69) is 4.98 Å². The van der Waals surface area contributed by atoms with Crippen LogP contribution in [0.2, 0.25) is 0 Å². The molecule has 1 aromatic heterocycles. The Kier molecular flexibility index (Phi) is 6.60. The first-order valence-corrected chi connectivity index (χ1v) is 10.6. The number of benzene rings is 2. The number of hydrogen-bond donors (Lipinski definition) is 1. The number of piperidine rings is 1. The van der Waals surface area contributed by atoms with E-state index in [1.54, 1.807) is 29.4 Å². The number of hydrogen-bond acceptors (Lipinski definition) is 5. The van der Waals surface area contributed by atoms with Crippen molar-refractivity contribution in [1.82, 2.24) is 14.5 Å². The van der Waals surface area contributed by atoms with Gasteiger partial charge in [0.05, 0.1) is 37.5 Å². The molecular formula is C24H25F2N3O4. The molecule has 1 amide bonds. The zero-order chi connectivity index (χ0) is 23.5. The summed E-state index contributed by atoms with van der Waals surface area (Å²) in [5.41, 5.74) is 1.98. The highest BCUT2D eigenvalue weighted by Crippen LogP contribution is 2.29. The van der Waals surface area contributed by atoms with E-state index in [1.807, 2.05) is 17.7 Å². The Labute approximate surface area is 190 Å². The van der Waals surface area contributed by atoms with Crippen LogP contribution >= 0.6 is 0 Å². The molecule has 9 heteroatoms. The van der Waals surface area contributed by atoms with E-state index < -0.39 is 23.8 Å². The molecule has 3 aromatic rings. The van der Waals surface area contributed by atoms with Crippen molar-refractivity contribution in [2.24, 2.45) is 0 Å². The van der Waals surface area contributed by atoms with E-state index in [4.69, 9.17) is 9.47 Å². The average Bonchev–Trinajstić information content (AvgIpc) is 3.23. The quantitative estimate of drug-likeness (QED) is 0.613. The monoisotopic (exact) mass is 457 g/mol. The van der Waals surface area contributed by atoms with Gasteiger partial charge in [-0.15, -0.1) is 0 Å². The molecule has 1 aliphatic rings. The summed E-state index contributed by atoms with van der Waals surface area (Å²) < 4.78 is 40.2. The average molecular weight is 457 g/mol. The fraction of sp³-hybridized carbons (Fsp3) is 0.333. The summed E-state index contributed by atoms with van der Waals surface area (Å²) in [6.07, 6.45) is 4.06. The Balaban J connectivity index is 1.57. The first kappa shape index (κ1) is 22.7. The SMILES string of the molecule is COc1cc(C(=O)N2CCCC(Oc3cc(F)cc(F)c3)C2CO)ccc1-n1cnc(C)c1. The van der Waals surface area contributed by atoms with Gasteiger partial charge in [-0.25, -0.2) is 13.8 Å². The molecule has 0 aliphatic carbocycles. The molecule has 1 fully saturated rings. The van der Waals surface area contributed by atoms with Crippen molar-refractivity contribution in [1.29, 1.82) is 0 Å². The van der Waals surface area contributed by atoms with Crippen molar-refractivity contribution in [3.8, 4) is 17.2 Å². The Morgan fingerprint density at radius 3 is 2.61 bits per heavy atom. The van der Waals surface area contributed by atoms with Crippen molar-refractivity contribution in [2.75, 3.05) is 20.3 Å². The van der Waals surface area contributed by atoms with E-state index in [0.717, 1.165) is 29.6 Å². The Hall–Kier alpha value is -3.46. The fourth-order valence-electron chi connectivity index (χ4n) is 4.14. The maximum atomic E-state index is 13.6. The zero-order valence-corrected chi connectivity index (χ0v) is 18.4. The van der Waals surface area contributed by atoms with Gasteiger partial charge < -0.3 is 24.0 Å². The number of aromatic nitrogens is 2. The number of rotatable bonds is 6. The zero-order valence-electron chi connectivity index (χ0n) is 18.4. The summed E-state index contributed by atoms with van der Waals surface area (Å²) in [6, 6.07) is 7.37. The molecule has 2 atom stereocenters. The van der Waals surface area contributed by atoms with Gasteiger partial charge in [-0.2, -0.15) is 0 Å². The third-order valence-electron chi connectivity index (χ3n) is 5.71. The van der Waals surface area contributed by atoms with Crippen molar-refractivity contribution in [3.05, 3.63) is 71.8 Å². The van der Waals surface area contributed by atoms with Gasteiger partial charge in [0.1, 0.15) is 29.2 Å². The summed E-state index contributed by atoms with van der Waals surface area (Å²) in [4.78, 5) is 19.1. The minimum atomic E-state index is -0.755. The second-order valence-electron chi connectivity index (χ2n) is 7.96. The molecule has 1 aliphatic heterocycles. The lowest BCUT2D eigenvalue weighted by Crippen LogP contribution is -2.54. The topological polar surface area (TPSA) is 76.8 Å². The minimum absolute atomic E-state index is 0.0203. The van der Waals surface area contributed by atoms with E-state index in [-0.39, 0.29) is 18.3 Å². The second kappa shape index (κ2) is 9.58. The van der Waals surface area contributed by atoms with Crippen LogP contribution in [0.5, 0.6) is 11.5 Å². The van der Waals surface area contributed by atoms with E-state index in [1.165, 1.54) is 7.11 Å². The molecule has 2 aromatic carbocycles. The van der Waals surface area contributed by atoms with Crippen molar-refractivity contribution in [2.45, 2.75) is 31.9 Å². The van der Waals surface area contributed by atoms with Crippen LogP contribution < -0.4 is 9.47 Å². The molecule has 0 saturated carbocycles. The molecule has 0 bridgehead atoms. The Morgan fingerprint density at radius 1 is 1.21 bits per heavy atom. The lowest BCUT2D eigenvalue weighted by Gasteiger charge is -2.40. The van der Waals surface area contributed by atoms with E-state index >= 15 is 0 Å². The molecule has 0 spiro atoms. The molecule has 2 unspecified atom stereocenters. The smallest absolute Gasteiger partial charge is 0.254 e. The van der Waals surface area contributed by atoms with Crippen LogP contribution in [-0.2, 0) is 0 Å². The number of nitrogens with zero attached hydrogens (tertiary/aromatic N) is 3. The van der Waals surface area contributed by atoms with Crippen LogP contribution in [0.15, 0.2) is 48.9 Å². The molecular weight excluding hydrogens is 432 g/mol. The lowest BCUT2D eigenvalue weighted by molar-refractivity contribution is 0.00154. The maximum Gasteiger partial charge on any atom is 0.254 e. The van der Waals surface area contributed by atoms with Crippen molar-refractivity contribution in [3.63, 3.8) is 0 Å². The number of halogens is 2. The molecule has 1 N–H and O–H groups in total. The Bertz CT molecular complexity index is 1130. The van der Waals surface area contributed by atoms with Gasteiger partial charge in [0.25, 0.3) is 5.91 Å². The molecule has 174 valence electrons. The van der Waals surface area contributed by atoms with Gasteiger partial charge >= 0.3 is 0 Å². The predicted octanol–water partition coefficient (Wildman–Crippen LogP) is 3.51. The number of ether oxygens (including phenoxy) is 2. The summed E-state index contributed by atoms with van der Waals surface area (Å²) >= 11 is 0. The third-order valence-corrected chi connectivity index (χ3v) is 5.71. The van der Waals surface area contributed by atoms with Gasteiger partial charge in [0.2, 0.25) is 0 Å². The van der Waals surface area contributed by atoms with Crippen LogP contribution in [0, 0.1) is 18.6 Å². The fourth-order valence-corrected chi connectivity index (χ4v) is 4.14. The number of aliphatic hydroxyl groups excluding tert-OH is 1. The first-order valence-electron chi connectivity index (χ1n) is 10.6. The van der Waals surface area contributed by atoms with Gasteiger partial charge in [0, 0.05) is 36.5 Å². The maximum absolute atomic E-state index is 13.6. The van der Waals surface area contributed by atoms with Gasteiger partial charge in [-0.1, -0.05) is 0 Å². The van der Waals surface area contributed by atoms with Crippen LogP contribution in [0.25, 0.3) is 5.69 Å². The normalized spacial score (nSPS) is 18.3. The lowest BCUT2D eigenvalue weighted by atomic mass is 9.97. The summed E-state index contributed by atoms with van der Waals surface area (Å²) in [7, 11) is 1.52. The number of aliphatic hydroxyl groups is 1. The molecule has 4 rings (SSSR count). The summed E-state index contributed by atoms with van der Waals surface area (Å²) in [5.74, 6) is -1.28. The highest BCUT2D eigenvalue weighted by Gasteiger charge is 2.36. The number of carbonyl (C=O) groups is 1. The molecule has 7 nitrogen and oxygen atoms in total. The van der Waals surface area contributed by atoms with E-state index in [9.17, 15) is 18.7 Å². The van der Waals surface area contributed by atoms with Crippen LogP contribution in [0.1, 0.15) is 28.9 Å². The highest BCUT2D eigenvalue weighted by atomic mass is 19.1. The van der Waals surface area contributed by atoms with Crippen LogP contribution in [0.4, 0.5) is 8.78 Å². The summed E-state index contributed by atoms with van der Waals surface area (Å²) in [5, 5.41) is 10.1. The predicted molar refractivity (Wildman–Crippen MR) is 117 cm³/mol. The third kappa shape index (κ3) is 4.83. The standard InChI is InChI=1S/C24H25F2N3O4/c1-15-12-28(14-27-15)20-6-5-16(8-23(20)32-2)24(31)29-7-3-4-22(21(29)13-30)33-19-10-17(25)9-18(26)11-19/h5-6,8-12,14,21-22,30H,3-4,7,13H2,1-2H3. The molecule has 2 heterocycles. The van der Waals surface area contributed by atoms with Crippen molar-refractivity contribution < 1.29 is 28.2 Å². The number of amides is 1. The second-order valence-corrected chi connectivity index (χ2v) is 7.96. The molecule has 1 saturated heterocycles. The molecule has 0 radical (unpaired) electrons. The number of carbonyl (C=O) groups excluding carboxylic acids is 1. The summed E-state index contributed by atoms with van der Waals surface area (Å²) in [6.45, 7) is 1.95. The minimum Gasteiger partial charge on any atom is -0.495 e. The first-order chi connectivity index (χ1) is 15.9. The van der Waals surface area contributed by atoms with Crippen LogP contribution in [0.3, 0.4) is 0 Å². The largest absolute Gasteiger partial charge is 0.495 e. The number of imidazole rings is 1. The van der Waals surface area contributed by atoms with Gasteiger partial charge in [-0.3, -0.25) is 4.79 Å². The Morgan fingerprint density at radius 2 is 1.97 bits per heavy atom. The molecule has 33 heavy (non-hydrogen) atoms. The van der Waals surface area contributed by atoms with E-state index in [0.29, 0.717) is 30.7 Å². The number of methoxy groups -OCH3 is 1. The number of likely N-dealkylation sites (tertiary alicyclic amines) is 1. The van der Waals surface area contributed by atoms with Crippen LogP contribution in [-0.4, -0.2) is 57.9 Å². The van der Waals surface area contributed by atoms with Gasteiger partial charge in [0.15, 0.2) is 0 Å².